The Kier molecular flexibility index (Phi) is 5.43. The topological polar surface area (TPSA) is 57.6 Å². The highest BCUT2D eigenvalue weighted by atomic mass is 19.1. The molecule has 1 N–H and O–H groups in total. The number of hydrogen-bond donors (Lipinski definition) is 1. The molecule has 0 radical (unpaired) electrons. The second-order valence-corrected chi connectivity index (χ2v) is 7.54. The van der Waals surface area contributed by atoms with Crippen LogP contribution < -0.4 is 10.9 Å². The fourth-order valence-electron chi connectivity index (χ4n) is 4.07. The molecule has 148 valence electrons. The van der Waals surface area contributed by atoms with Crippen LogP contribution >= 0.6 is 0 Å². The fourth-order valence-corrected chi connectivity index (χ4v) is 4.07. The van der Waals surface area contributed by atoms with E-state index in [-0.39, 0.29) is 23.1 Å². The number of nitrogens with zero attached hydrogens (tertiary/aromatic N) is 3. The van der Waals surface area contributed by atoms with Crippen molar-refractivity contribution in [3.8, 4) is 0 Å². The first-order valence-corrected chi connectivity index (χ1v) is 9.84. The number of nitrogens with one attached hydrogen (secondary N) is 1. The monoisotopic (exact) mass is 384 g/mol. The molecule has 6 nitrogen and oxygen atoms in total. The van der Waals surface area contributed by atoms with Gasteiger partial charge < -0.3 is 14.8 Å². The van der Waals surface area contributed by atoms with Crippen LogP contribution in [-0.2, 0) is 6.54 Å². The summed E-state index contributed by atoms with van der Waals surface area (Å²) in [5.41, 5.74) is 0.815. The maximum atomic E-state index is 13.1. The molecule has 2 saturated heterocycles. The molecule has 1 aromatic heterocycles. The third-order valence-corrected chi connectivity index (χ3v) is 5.64. The summed E-state index contributed by atoms with van der Waals surface area (Å²) in [6.07, 6.45) is 5.12. The van der Waals surface area contributed by atoms with E-state index in [9.17, 15) is 14.0 Å². The van der Waals surface area contributed by atoms with Gasteiger partial charge in [-0.15, -0.1) is 0 Å². The number of benzene rings is 1. The van der Waals surface area contributed by atoms with Gasteiger partial charge in [-0.25, -0.2) is 9.18 Å². The van der Waals surface area contributed by atoms with Crippen LogP contribution in [0.5, 0.6) is 0 Å². The van der Waals surface area contributed by atoms with Crippen LogP contribution in [0.1, 0.15) is 24.8 Å². The van der Waals surface area contributed by atoms with Gasteiger partial charge in [-0.05, 0) is 62.2 Å². The third kappa shape index (κ3) is 4.09. The van der Waals surface area contributed by atoms with Gasteiger partial charge >= 0.3 is 6.03 Å². The van der Waals surface area contributed by atoms with E-state index in [1.807, 2.05) is 0 Å². The highest BCUT2D eigenvalue weighted by Gasteiger charge is 2.31. The van der Waals surface area contributed by atoms with Crippen molar-refractivity contribution in [3.05, 3.63) is 64.3 Å². The number of carbonyl (C=O) groups is 1. The first-order chi connectivity index (χ1) is 13.6. The zero-order chi connectivity index (χ0) is 19.5. The van der Waals surface area contributed by atoms with Crippen LogP contribution in [-0.4, -0.2) is 52.6 Å². The van der Waals surface area contributed by atoms with Gasteiger partial charge in [0.2, 0.25) is 0 Å². The van der Waals surface area contributed by atoms with Crippen LogP contribution in [0.2, 0.25) is 0 Å². The summed E-state index contributed by atoms with van der Waals surface area (Å²) in [7, 11) is 0. The van der Waals surface area contributed by atoms with Crippen LogP contribution in [0.25, 0.3) is 0 Å². The molecule has 2 aliphatic heterocycles. The molecule has 0 spiro atoms. The molecule has 2 amide bonds. The minimum Gasteiger partial charge on any atom is -0.323 e. The number of urea groups is 1. The molecular weight excluding hydrogens is 359 g/mol. The van der Waals surface area contributed by atoms with Gasteiger partial charge in [0.25, 0.3) is 5.56 Å². The fraction of sp³-hybridized carbons (Fsp3) is 0.429. The maximum absolute atomic E-state index is 13.1. The summed E-state index contributed by atoms with van der Waals surface area (Å²) in [6.45, 7) is 3.98. The summed E-state index contributed by atoms with van der Waals surface area (Å²) in [5.74, 6) is -0.310. The van der Waals surface area contributed by atoms with Gasteiger partial charge in [0.1, 0.15) is 11.5 Å². The van der Waals surface area contributed by atoms with E-state index in [1.165, 1.54) is 29.5 Å². The first-order valence-electron chi connectivity index (χ1n) is 9.84. The minimum absolute atomic E-state index is 0.224. The van der Waals surface area contributed by atoms with Crippen molar-refractivity contribution in [1.82, 2.24) is 14.4 Å². The van der Waals surface area contributed by atoms with E-state index in [0.717, 1.165) is 25.1 Å². The zero-order valence-electron chi connectivity index (χ0n) is 15.8. The largest absolute Gasteiger partial charge is 0.323 e. The van der Waals surface area contributed by atoms with Crippen molar-refractivity contribution in [2.45, 2.75) is 31.8 Å². The van der Waals surface area contributed by atoms with Gasteiger partial charge in [0, 0.05) is 25.3 Å². The van der Waals surface area contributed by atoms with Crippen LogP contribution in [0.4, 0.5) is 14.9 Å². The Labute approximate surface area is 163 Å². The zero-order valence-corrected chi connectivity index (χ0v) is 15.8. The Morgan fingerprint density at radius 1 is 1.11 bits per heavy atom. The average molecular weight is 384 g/mol. The minimum atomic E-state index is -0.310. The predicted octanol–water partition coefficient (Wildman–Crippen LogP) is 2.74. The van der Waals surface area contributed by atoms with Crippen molar-refractivity contribution in [2.75, 3.05) is 31.5 Å². The normalized spacial score (nSPS) is 19.9. The van der Waals surface area contributed by atoms with Gasteiger partial charge in [0.15, 0.2) is 0 Å². The number of rotatable bonds is 4. The summed E-state index contributed by atoms with van der Waals surface area (Å²) in [5, 5.41) is 2.77. The van der Waals surface area contributed by atoms with Gasteiger partial charge in [-0.3, -0.25) is 9.69 Å². The smallest absolute Gasteiger partial charge is 0.322 e. The van der Waals surface area contributed by atoms with Crippen LogP contribution in [0.3, 0.4) is 0 Å². The Morgan fingerprint density at radius 2 is 1.86 bits per heavy atom. The number of anilines is 1. The van der Waals surface area contributed by atoms with E-state index < -0.39 is 0 Å². The standard InChI is InChI=1S/C21H25FN4O2/c22-17-7-5-16(6-8-17)14-25-12-3-4-19(20(25)27)23-21(28)26-13-9-18(15-26)24-10-1-2-11-24/h3-8,12,18H,1-2,9-11,13-15H2,(H,23,28). The summed E-state index contributed by atoms with van der Waals surface area (Å²) in [6, 6.07) is 9.60. The highest BCUT2D eigenvalue weighted by Crippen LogP contribution is 2.21. The number of aromatic nitrogens is 1. The van der Waals surface area contributed by atoms with Crippen LogP contribution in [0, 0.1) is 5.82 Å². The molecule has 28 heavy (non-hydrogen) atoms. The summed E-state index contributed by atoms with van der Waals surface area (Å²) >= 11 is 0. The molecule has 1 aromatic carbocycles. The Hall–Kier alpha value is -2.67. The highest BCUT2D eigenvalue weighted by molar-refractivity contribution is 5.89. The lowest BCUT2D eigenvalue weighted by Gasteiger charge is -2.23. The van der Waals surface area contributed by atoms with Gasteiger partial charge in [-0.1, -0.05) is 12.1 Å². The predicted molar refractivity (Wildman–Crippen MR) is 106 cm³/mol. The SMILES string of the molecule is O=C(Nc1cccn(Cc2ccc(F)cc2)c1=O)N1CCC(N2CCCC2)C1. The van der Waals surface area contributed by atoms with E-state index in [0.29, 0.717) is 25.7 Å². The van der Waals surface area contributed by atoms with Crippen molar-refractivity contribution in [1.29, 1.82) is 0 Å². The second-order valence-electron chi connectivity index (χ2n) is 7.54. The lowest BCUT2D eigenvalue weighted by molar-refractivity contribution is 0.210. The number of pyridine rings is 1. The molecule has 0 aliphatic carbocycles. The number of likely N-dealkylation sites (tertiary alicyclic amines) is 2. The molecular formula is C21H25FN4O2. The van der Waals surface area contributed by atoms with Gasteiger partial charge in [0.05, 0.1) is 6.54 Å². The van der Waals surface area contributed by atoms with Gasteiger partial charge in [-0.2, -0.15) is 0 Å². The van der Waals surface area contributed by atoms with Crippen LogP contribution in [0.15, 0.2) is 47.4 Å². The Bertz CT molecular complexity index is 890. The van der Waals surface area contributed by atoms with E-state index >= 15 is 0 Å². The van der Waals surface area contributed by atoms with Crippen molar-refractivity contribution >= 4 is 11.7 Å². The Balaban J connectivity index is 1.41. The average Bonchev–Trinajstić information content (AvgIpc) is 3.38. The maximum Gasteiger partial charge on any atom is 0.322 e. The summed E-state index contributed by atoms with van der Waals surface area (Å²) < 4.78 is 14.6. The quantitative estimate of drug-likeness (QED) is 0.882. The summed E-state index contributed by atoms with van der Waals surface area (Å²) in [4.78, 5) is 29.6. The lowest BCUT2D eigenvalue weighted by Crippen LogP contribution is -2.39. The van der Waals surface area contributed by atoms with E-state index in [4.69, 9.17) is 0 Å². The molecule has 0 saturated carbocycles. The van der Waals surface area contributed by atoms with E-state index in [2.05, 4.69) is 10.2 Å². The molecule has 1 atom stereocenters. The van der Waals surface area contributed by atoms with E-state index in [1.54, 1.807) is 35.4 Å². The van der Waals surface area contributed by atoms with Crippen molar-refractivity contribution in [3.63, 3.8) is 0 Å². The molecule has 4 rings (SSSR count). The molecule has 2 aliphatic rings. The number of halogens is 1. The lowest BCUT2D eigenvalue weighted by atomic mass is 10.2. The number of hydrogen-bond acceptors (Lipinski definition) is 3. The molecule has 3 heterocycles. The molecule has 7 heteroatoms. The molecule has 2 aromatic rings. The Morgan fingerprint density at radius 3 is 2.61 bits per heavy atom. The molecule has 1 unspecified atom stereocenters. The van der Waals surface area contributed by atoms with Crippen molar-refractivity contribution < 1.29 is 9.18 Å². The third-order valence-electron chi connectivity index (χ3n) is 5.64. The van der Waals surface area contributed by atoms with Crippen molar-refractivity contribution in [2.24, 2.45) is 0 Å². The number of carbonyl (C=O) groups excluding carboxylic acids is 1. The second kappa shape index (κ2) is 8.14. The number of amides is 2. The molecule has 2 fully saturated rings. The molecule has 0 bridgehead atoms. The first kappa shape index (κ1) is 18.7.